The minimum atomic E-state index is 0.141. The Morgan fingerprint density at radius 2 is 1.79 bits per heavy atom. The minimum Gasteiger partial charge on any atom is -0.353 e. The van der Waals surface area contributed by atoms with Crippen molar-refractivity contribution in [3.05, 3.63) is 12.2 Å². The number of amides is 1. The second kappa shape index (κ2) is 5.68. The molecular weight excluding hydrogens is 234 g/mol. The number of rotatable bonds is 3. The smallest absolute Gasteiger partial charge is 0.223 e. The number of carbonyl (C=O) groups is 1. The largest absolute Gasteiger partial charge is 0.353 e. The molecule has 2 saturated carbocycles. The molecule has 0 aromatic rings. The third-order valence-corrected chi connectivity index (χ3v) is 5.06. The van der Waals surface area contributed by atoms with Crippen molar-refractivity contribution in [1.29, 1.82) is 0 Å². The van der Waals surface area contributed by atoms with E-state index in [0.717, 1.165) is 12.8 Å². The Morgan fingerprint density at radius 3 is 2.37 bits per heavy atom. The summed E-state index contributed by atoms with van der Waals surface area (Å²) < 4.78 is 0. The molecule has 2 rings (SSSR count). The van der Waals surface area contributed by atoms with Crippen molar-refractivity contribution in [1.82, 2.24) is 5.32 Å². The van der Waals surface area contributed by atoms with Crippen molar-refractivity contribution in [2.45, 2.75) is 71.8 Å². The first kappa shape index (κ1) is 14.6. The van der Waals surface area contributed by atoms with Crippen molar-refractivity contribution in [3.63, 3.8) is 0 Å². The van der Waals surface area contributed by atoms with Crippen LogP contribution in [0.4, 0.5) is 0 Å². The van der Waals surface area contributed by atoms with Gasteiger partial charge in [-0.3, -0.25) is 4.79 Å². The predicted molar refractivity (Wildman–Crippen MR) is 79.8 cm³/mol. The first-order valence-electron chi connectivity index (χ1n) is 7.85. The van der Waals surface area contributed by atoms with Crippen LogP contribution >= 0.6 is 0 Å². The third kappa shape index (κ3) is 3.61. The highest BCUT2D eigenvalue weighted by atomic mass is 16.2. The van der Waals surface area contributed by atoms with Crippen LogP contribution in [0.5, 0.6) is 0 Å². The SMILES string of the molecule is C=C(C)C1CCC(C)(C)CC1C(=O)NC1CCCC1. The van der Waals surface area contributed by atoms with Crippen LogP contribution < -0.4 is 5.32 Å². The van der Waals surface area contributed by atoms with E-state index in [1.54, 1.807) is 0 Å². The molecule has 2 fully saturated rings. The molecule has 1 N–H and O–H groups in total. The summed E-state index contributed by atoms with van der Waals surface area (Å²) in [7, 11) is 0. The van der Waals surface area contributed by atoms with Crippen LogP contribution in [-0.4, -0.2) is 11.9 Å². The summed E-state index contributed by atoms with van der Waals surface area (Å²) in [4.78, 5) is 12.6. The number of allylic oxidation sites excluding steroid dienone is 1. The van der Waals surface area contributed by atoms with Crippen molar-refractivity contribution in [2.24, 2.45) is 17.3 Å². The van der Waals surface area contributed by atoms with Gasteiger partial charge in [-0.2, -0.15) is 0 Å². The molecule has 0 spiro atoms. The third-order valence-electron chi connectivity index (χ3n) is 5.06. The lowest BCUT2D eigenvalue weighted by Crippen LogP contribution is -2.44. The fourth-order valence-corrected chi connectivity index (χ4v) is 3.83. The lowest BCUT2D eigenvalue weighted by atomic mass is 9.65. The van der Waals surface area contributed by atoms with E-state index in [2.05, 4.69) is 32.7 Å². The molecule has 2 heteroatoms. The van der Waals surface area contributed by atoms with E-state index in [4.69, 9.17) is 0 Å². The Kier molecular flexibility index (Phi) is 4.37. The summed E-state index contributed by atoms with van der Waals surface area (Å²) in [6.07, 6.45) is 8.20. The Morgan fingerprint density at radius 1 is 1.16 bits per heavy atom. The Balaban J connectivity index is 2.03. The summed E-state index contributed by atoms with van der Waals surface area (Å²) in [5.74, 6) is 0.809. The van der Waals surface area contributed by atoms with E-state index in [-0.39, 0.29) is 11.8 Å². The van der Waals surface area contributed by atoms with Crippen molar-refractivity contribution in [2.75, 3.05) is 0 Å². The molecule has 2 atom stereocenters. The molecule has 0 heterocycles. The molecule has 0 radical (unpaired) electrons. The molecule has 0 saturated heterocycles. The normalized spacial score (nSPS) is 31.1. The van der Waals surface area contributed by atoms with Crippen molar-refractivity contribution < 1.29 is 4.79 Å². The second-order valence-corrected chi connectivity index (χ2v) is 7.46. The number of hydrogen-bond donors (Lipinski definition) is 1. The average Bonchev–Trinajstić information content (AvgIpc) is 2.80. The van der Waals surface area contributed by atoms with Gasteiger partial charge in [-0.05, 0) is 50.4 Å². The molecule has 0 aromatic carbocycles. The number of carbonyl (C=O) groups excluding carboxylic acids is 1. The van der Waals surface area contributed by atoms with Gasteiger partial charge in [-0.15, -0.1) is 0 Å². The molecule has 2 unspecified atom stereocenters. The topological polar surface area (TPSA) is 29.1 Å². The van der Waals surface area contributed by atoms with E-state index in [1.165, 1.54) is 37.7 Å². The first-order valence-corrected chi connectivity index (χ1v) is 7.85. The van der Waals surface area contributed by atoms with Gasteiger partial charge in [-0.25, -0.2) is 0 Å². The number of nitrogens with one attached hydrogen (secondary N) is 1. The van der Waals surface area contributed by atoms with Gasteiger partial charge >= 0.3 is 0 Å². The Bertz CT molecular complexity index is 352. The quantitative estimate of drug-likeness (QED) is 0.764. The molecule has 0 aliphatic heterocycles. The molecule has 2 aliphatic rings. The highest BCUT2D eigenvalue weighted by Crippen LogP contribution is 2.44. The van der Waals surface area contributed by atoms with Crippen LogP contribution in [0, 0.1) is 17.3 Å². The van der Waals surface area contributed by atoms with Gasteiger partial charge in [-0.1, -0.05) is 38.8 Å². The summed E-state index contributed by atoms with van der Waals surface area (Å²) in [5, 5.41) is 3.29. The first-order chi connectivity index (χ1) is 8.89. The average molecular weight is 263 g/mol. The van der Waals surface area contributed by atoms with E-state index in [0.29, 0.717) is 17.4 Å². The maximum Gasteiger partial charge on any atom is 0.223 e. The Labute approximate surface area is 118 Å². The van der Waals surface area contributed by atoms with Crippen LogP contribution in [0.2, 0.25) is 0 Å². The van der Waals surface area contributed by atoms with Gasteiger partial charge in [0, 0.05) is 12.0 Å². The molecular formula is C17H29NO. The fraction of sp³-hybridized carbons (Fsp3) is 0.824. The predicted octanol–water partition coefficient (Wildman–Crippen LogP) is 4.06. The molecule has 1 amide bonds. The lowest BCUT2D eigenvalue weighted by Gasteiger charge is -2.40. The monoisotopic (exact) mass is 263 g/mol. The number of hydrogen-bond acceptors (Lipinski definition) is 1. The standard InChI is InChI=1S/C17H29NO/c1-12(2)14-9-10-17(3,4)11-15(14)16(19)18-13-7-5-6-8-13/h13-15H,1,5-11H2,2-4H3,(H,18,19). The maximum atomic E-state index is 12.6. The minimum absolute atomic E-state index is 0.141. The molecule has 2 nitrogen and oxygen atoms in total. The Hall–Kier alpha value is -0.790. The fourth-order valence-electron chi connectivity index (χ4n) is 3.83. The van der Waals surface area contributed by atoms with E-state index in [9.17, 15) is 4.79 Å². The van der Waals surface area contributed by atoms with Gasteiger partial charge < -0.3 is 5.32 Å². The highest BCUT2D eigenvalue weighted by Gasteiger charge is 2.39. The maximum absolute atomic E-state index is 12.6. The molecule has 19 heavy (non-hydrogen) atoms. The van der Waals surface area contributed by atoms with Crippen LogP contribution in [0.1, 0.15) is 65.7 Å². The molecule has 2 aliphatic carbocycles. The van der Waals surface area contributed by atoms with Crippen LogP contribution in [0.25, 0.3) is 0 Å². The van der Waals surface area contributed by atoms with Crippen molar-refractivity contribution >= 4 is 5.91 Å². The van der Waals surface area contributed by atoms with E-state index < -0.39 is 0 Å². The van der Waals surface area contributed by atoms with Crippen LogP contribution in [0.3, 0.4) is 0 Å². The highest BCUT2D eigenvalue weighted by molar-refractivity contribution is 5.80. The van der Waals surface area contributed by atoms with Gasteiger partial charge in [0.25, 0.3) is 0 Å². The molecule has 108 valence electrons. The van der Waals surface area contributed by atoms with Gasteiger partial charge in [0.05, 0.1) is 0 Å². The van der Waals surface area contributed by atoms with Crippen LogP contribution in [0.15, 0.2) is 12.2 Å². The zero-order chi connectivity index (χ0) is 14.0. The van der Waals surface area contributed by atoms with Gasteiger partial charge in [0.1, 0.15) is 0 Å². The van der Waals surface area contributed by atoms with Crippen LogP contribution in [-0.2, 0) is 4.79 Å². The van der Waals surface area contributed by atoms with Gasteiger partial charge in [0.15, 0.2) is 0 Å². The zero-order valence-electron chi connectivity index (χ0n) is 12.8. The summed E-state index contributed by atoms with van der Waals surface area (Å²) in [6.45, 7) is 10.8. The van der Waals surface area contributed by atoms with E-state index in [1.807, 2.05) is 0 Å². The molecule has 0 aromatic heterocycles. The summed E-state index contributed by atoms with van der Waals surface area (Å²) in [6, 6.07) is 0.434. The van der Waals surface area contributed by atoms with E-state index >= 15 is 0 Å². The zero-order valence-corrected chi connectivity index (χ0v) is 12.8. The van der Waals surface area contributed by atoms with Gasteiger partial charge in [0.2, 0.25) is 5.91 Å². The lowest BCUT2D eigenvalue weighted by molar-refractivity contribution is -0.129. The summed E-state index contributed by atoms with van der Waals surface area (Å²) in [5.41, 5.74) is 1.48. The second-order valence-electron chi connectivity index (χ2n) is 7.46. The summed E-state index contributed by atoms with van der Waals surface area (Å²) >= 11 is 0. The van der Waals surface area contributed by atoms with Crippen molar-refractivity contribution in [3.8, 4) is 0 Å². The molecule has 0 bridgehead atoms.